The van der Waals surface area contributed by atoms with Gasteiger partial charge in [-0.2, -0.15) is 11.8 Å². The molecule has 0 saturated carbocycles. The van der Waals surface area contributed by atoms with Crippen molar-refractivity contribution in [3.63, 3.8) is 0 Å². The Bertz CT molecular complexity index is 1200. The summed E-state index contributed by atoms with van der Waals surface area (Å²) in [5.74, 6) is 0.771. The van der Waals surface area contributed by atoms with Gasteiger partial charge in [-0.3, -0.25) is 9.69 Å². The van der Waals surface area contributed by atoms with Gasteiger partial charge >= 0.3 is 5.97 Å². The third-order valence-corrected chi connectivity index (χ3v) is 7.12. The molecule has 0 aliphatic carbocycles. The molecule has 1 fully saturated rings. The predicted octanol–water partition coefficient (Wildman–Crippen LogP) is 3.29. The zero-order valence-corrected chi connectivity index (χ0v) is 21.8. The van der Waals surface area contributed by atoms with Crippen LogP contribution in [0.1, 0.15) is 56.9 Å². The Balaban J connectivity index is 1.66. The summed E-state index contributed by atoms with van der Waals surface area (Å²) >= 11 is 1.70. The summed E-state index contributed by atoms with van der Waals surface area (Å²) in [6, 6.07) is 4.66. The topological polar surface area (TPSA) is 123 Å². The lowest BCUT2D eigenvalue weighted by atomic mass is 10.1. The van der Waals surface area contributed by atoms with Crippen molar-refractivity contribution in [3.8, 4) is 0 Å². The summed E-state index contributed by atoms with van der Waals surface area (Å²) in [4.78, 5) is 32.0. The molecule has 3 heterocycles. The Hall–Kier alpha value is -2.89. The number of morpholine rings is 1. The highest BCUT2D eigenvalue weighted by atomic mass is 32.2. The van der Waals surface area contributed by atoms with Crippen LogP contribution in [0.2, 0.25) is 0 Å². The van der Waals surface area contributed by atoms with Crippen molar-refractivity contribution in [2.45, 2.75) is 39.3 Å². The van der Waals surface area contributed by atoms with Crippen molar-refractivity contribution in [2.75, 3.05) is 44.9 Å². The Morgan fingerprint density at radius 1 is 1.22 bits per heavy atom. The van der Waals surface area contributed by atoms with Crippen LogP contribution in [-0.4, -0.2) is 81.4 Å². The minimum atomic E-state index is -0.994. The van der Waals surface area contributed by atoms with Gasteiger partial charge in [0.25, 0.3) is 5.91 Å². The fourth-order valence-corrected chi connectivity index (χ4v) is 5.07. The second kappa shape index (κ2) is 11.9. The predicted molar refractivity (Wildman–Crippen MR) is 138 cm³/mol. The van der Waals surface area contributed by atoms with E-state index in [4.69, 9.17) is 14.2 Å². The van der Waals surface area contributed by atoms with E-state index in [-0.39, 0.29) is 17.5 Å². The number of carboxylic acid groups (broad SMARTS) is 1. The van der Waals surface area contributed by atoms with Crippen LogP contribution in [0.5, 0.6) is 0 Å². The summed E-state index contributed by atoms with van der Waals surface area (Å²) in [5, 5.41) is 16.5. The van der Waals surface area contributed by atoms with Gasteiger partial charge in [0.2, 0.25) is 0 Å². The number of benzene rings is 1. The van der Waals surface area contributed by atoms with E-state index in [1.807, 2.05) is 12.3 Å². The van der Waals surface area contributed by atoms with Crippen LogP contribution in [0.3, 0.4) is 0 Å². The number of ether oxygens (including phenoxy) is 1. The van der Waals surface area contributed by atoms with Crippen LogP contribution in [0.25, 0.3) is 11.0 Å². The van der Waals surface area contributed by atoms with Gasteiger partial charge in [-0.1, -0.05) is 5.16 Å². The first-order valence-electron chi connectivity index (χ1n) is 12.1. The number of nitrogens with one attached hydrogen (secondary N) is 1. The van der Waals surface area contributed by atoms with Gasteiger partial charge in [-0.25, -0.2) is 9.78 Å². The first-order valence-corrected chi connectivity index (χ1v) is 13.5. The van der Waals surface area contributed by atoms with E-state index in [9.17, 15) is 14.7 Å². The van der Waals surface area contributed by atoms with Crippen LogP contribution in [-0.2, 0) is 11.3 Å². The maximum absolute atomic E-state index is 13.2. The van der Waals surface area contributed by atoms with Crippen LogP contribution in [0.15, 0.2) is 22.7 Å². The Labute approximate surface area is 214 Å². The summed E-state index contributed by atoms with van der Waals surface area (Å²) in [5.41, 5.74) is 2.63. The Morgan fingerprint density at radius 3 is 2.67 bits per heavy atom. The number of amides is 1. The van der Waals surface area contributed by atoms with Crippen molar-refractivity contribution in [2.24, 2.45) is 0 Å². The smallest absolute Gasteiger partial charge is 0.335 e. The van der Waals surface area contributed by atoms with E-state index in [1.54, 1.807) is 37.7 Å². The molecule has 4 rings (SSSR count). The number of carbonyl (C=O) groups is 2. The summed E-state index contributed by atoms with van der Waals surface area (Å²) in [6.45, 7) is 8.44. The first kappa shape index (κ1) is 26.2. The summed E-state index contributed by atoms with van der Waals surface area (Å²) in [6.07, 6.45) is 3.60. The highest BCUT2D eigenvalue weighted by Crippen LogP contribution is 2.26. The maximum atomic E-state index is 13.2. The van der Waals surface area contributed by atoms with Gasteiger partial charge in [0.05, 0.1) is 41.5 Å². The molecule has 11 heteroatoms. The van der Waals surface area contributed by atoms with Crippen molar-refractivity contribution < 1.29 is 24.0 Å². The quantitative estimate of drug-likeness (QED) is 0.396. The standard InChI is InChI=1S/C25H33N5O5S/c1-16-22(17(2)35-28-16)24(31)27-19(7-14-36-3)23-26-20-15-18(25(32)33)5-6-21(20)30(23)9-4-8-29-10-12-34-13-11-29/h5-6,15,19H,4,7-14H2,1-3H3,(H,27,31)(H,32,33). The number of thioether (sulfide) groups is 1. The summed E-state index contributed by atoms with van der Waals surface area (Å²) < 4.78 is 12.8. The third-order valence-electron chi connectivity index (χ3n) is 6.47. The van der Waals surface area contributed by atoms with E-state index < -0.39 is 5.97 Å². The zero-order chi connectivity index (χ0) is 25.7. The number of aromatic nitrogens is 3. The van der Waals surface area contributed by atoms with Gasteiger partial charge in [0.1, 0.15) is 17.1 Å². The van der Waals surface area contributed by atoms with Crippen molar-refractivity contribution in [1.82, 2.24) is 24.9 Å². The number of carbonyl (C=O) groups excluding carboxylic acids is 1. The monoisotopic (exact) mass is 515 g/mol. The molecule has 0 radical (unpaired) electrons. The number of fused-ring (bicyclic) bond motifs is 1. The second-order valence-electron chi connectivity index (χ2n) is 8.94. The number of imidazole rings is 1. The fraction of sp³-hybridized carbons (Fsp3) is 0.520. The number of aromatic carboxylic acids is 1. The average Bonchev–Trinajstić information content (AvgIpc) is 3.40. The Morgan fingerprint density at radius 2 is 2.00 bits per heavy atom. The lowest BCUT2D eigenvalue weighted by Gasteiger charge is -2.27. The van der Waals surface area contributed by atoms with Gasteiger partial charge < -0.3 is 24.3 Å². The highest BCUT2D eigenvalue weighted by molar-refractivity contribution is 7.98. The van der Waals surface area contributed by atoms with E-state index >= 15 is 0 Å². The average molecular weight is 516 g/mol. The Kier molecular flexibility index (Phi) is 8.65. The first-order chi connectivity index (χ1) is 17.4. The molecule has 1 saturated heterocycles. The van der Waals surface area contributed by atoms with Crippen molar-refractivity contribution in [3.05, 3.63) is 46.6 Å². The van der Waals surface area contributed by atoms with Gasteiger partial charge in [0, 0.05) is 26.2 Å². The number of carboxylic acids is 1. The molecule has 3 aromatic rings. The van der Waals surface area contributed by atoms with Gasteiger partial charge in [0.15, 0.2) is 0 Å². The van der Waals surface area contributed by atoms with Crippen LogP contribution in [0, 0.1) is 13.8 Å². The summed E-state index contributed by atoms with van der Waals surface area (Å²) in [7, 11) is 0. The number of aryl methyl sites for hydroxylation is 3. The largest absolute Gasteiger partial charge is 0.478 e. The molecule has 1 atom stereocenters. The molecule has 1 aliphatic rings. The molecular weight excluding hydrogens is 482 g/mol. The van der Waals surface area contributed by atoms with Crippen LogP contribution in [0.4, 0.5) is 0 Å². The molecule has 2 aromatic heterocycles. The molecule has 1 aromatic carbocycles. The molecule has 194 valence electrons. The molecule has 2 N–H and O–H groups in total. The highest BCUT2D eigenvalue weighted by Gasteiger charge is 2.26. The maximum Gasteiger partial charge on any atom is 0.335 e. The second-order valence-corrected chi connectivity index (χ2v) is 9.93. The molecule has 10 nitrogen and oxygen atoms in total. The fourth-order valence-electron chi connectivity index (χ4n) is 4.60. The number of hydrogen-bond donors (Lipinski definition) is 2. The van der Waals surface area contributed by atoms with Crippen LogP contribution < -0.4 is 5.32 Å². The van der Waals surface area contributed by atoms with Crippen LogP contribution >= 0.6 is 11.8 Å². The molecule has 1 unspecified atom stereocenters. The SMILES string of the molecule is CSCCC(NC(=O)c1c(C)noc1C)c1nc2cc(C(=O)O)ccc2n1CCCN1CCOCC1. The minimum absolute atomic E-state index is 0.187. The molecule has 1 aliphatic heterocycles. The third kappa shape index (κ3) is 5.91. The zero-order valence-electron chi connectivity index (χ0n) is 21.0. The van der Waals surface area contributed by atoms with Gasteiger partial charge in [-0.05, 0) is 56.9 Å². The number of nitrogens with zero attached hydrogens (tertiary/aromatic N) is 4. The number of rotatable bonds is 11. The van der Waals surface area contributed by atoms with E-state index in [0.29, 0.717) is 35.5 Å². The number of hydrogen-bond acceptors (Lipinski definition) is 8. The molecular formula is C25H33N5O5S. The lowest BCUT2D eigenvalue weighted by molar-refractivity contribution is 0.0369. The molecule has 0 spiro atoms. The van der Waals surface area contributed by atoms with E-state index in [1.165, 1.54) is 0 Å². The van der Waals surface area contributed by atoms with Gasteiger partial charge in [-0.15, -0.1) is 0 Å². The van der Waals surface area contributed by atoms with E-state index in [2.05, 4.69) is 19.9 Å². The van der Waals surface area contributed by atoms with Crippen molar-refractivity contribution in [1.29, 1.82) is 0 Å². The molecule has 1 amide bonds. The normalized spacial score (nSPS) is 15.3. The molecule has 36 heavy (non-hydrogen) atoms. The molecule has 0 bridgehead atoms. The lowest BCUT2D eigenvalue weighted by Crippen LogP contribution is -2.37. The van der Waals surface area contributed by atoms with Crippen molar-refractivity contribution >= 4 is 34.7 Å². The minimum Gasteiger partial charge on any atom is -0.478 e. The van der Waals surface area contributed by atoms with E-state index in [0.717, 1.165) is 56.4 Å².